The van der Waals surface area contributed by atoms with Gasteiger partial charge in [-0.15, -0.1) is 0 Å². The predicted octanol–water partition coefficient (Wildman–Crippen LogP) is 2.26. The zero-order valence-corrected chi connectivity index (χ0v) is 15.0. The van der Waals surface area contributed by atoms with Crippen LogP contribution in [0.25, 0.3) is 0 Å². The highest BCUT2D eigenvalue weighted by molar-refractivity contribution is 9.10. The van der Waals surface area contributed by atoms with Gasteiger partial charge in [-0.25, -0.2) is 0 Å². The van der Waals surface area contributed by atoms with Crippen molar-refractivity contribution in [1.82, 2.24) is 10.2 Å². The lowest BCUT2D eigenvalue weighted by molar-refractivity contribution is -0.121. The molecule has 1 rings (SSSR count). The first-order valence-electron chi connectivity index (χ1n) is 7.36. The molecule has 0 aliphatic heterocycles. The van der Waals surface area contributed by atoms with E-state index in [1.807, 2.05) is 38.4 Å². The number of nitrogens with zero attached hydrogens (tertiary/aromatic N) is 2. The minimum Gasteiger partial charge on any atom is -0.356 e. The summed E-state index contributed by atoms with van der Waals surface area (Å²) in [5.74, 6) is -0.107. The summed E-state index contributed by atoms with van der Waals surface area (Å²) in [4.78, 5) is 27.4. The summed E-state index contributed by atoms with van der Waals surface area (Å²) in [7, 11) is 4.01. The van der Waals surface area contributed by atoms with Crippen LogP contribution in [-0.4, -0.2) is 50.4 Å². The Labute approximate surface area is 140 Å². The van der Waals surface area contributed by atoms with Crippen molar-refractivity contribution in [2.45, 2.75) is 19.8 Å². The molecular formula is C16H24BrN3O2. The average molecular weight is 370 g/mol. The number of para-hydroxylation sites is 1. The fourth-order valence-corrected chi connectivity index (χ4v) is 2.54. The van der Waals surface area contributed by atoms with Crippen molar-refractivity contribution in [2.75, 3.05) is 38.6 Å². The third-order valence-electron chi connectivity index (χ3n) is 3.19. The number of anilines is 1. The van der Waals surface area contributed by atoms with Gasteiger partial charge in [0, 0.05) is 30.9 Å². The largest absolute Gasteiger partial charge is 0.356 e. The standard InChI is InChI=1S/C16H24BrN3O2/c1-13(21)20(15-8-5-4-7-14(15)17)12-9-16(22)18-10-6-11-19(2)3/h4-5,7-8H,6,9-12H2,1-3H3,(H,18,22). The molecule has 1 aromatic carbocycles. The second-order valence-corrected chi connectivity index (χ2v) is 6.23. The molecule has 5 nitrogen and oxygen atoms in total. The van der Waals surface area contributed by atoms with Crippen molar-refractivity contribution in [3.63, 3.8) is 0 Å². The lowest BCUT2D eigenvalue weighted by Gasteiger charge is -2.22. The minimum absolute atomic E-state index is 0.0305. The summed E-state index contributed by atoms with van der Waals surface area (Å²) >= 11 is 3.44. The van der Waals surface area contributed by atoms with Crippen LogP contribution in [0, 0.1) is 0 Å². The Kier molecular flexibility index (Phi) is 8.12. The Balaban J connectivity index is 2.47. The molecule has 1 aromatic rings. The number of halogens is 1. The summed E-state index contributed by atoms with van der Waals surface area (Å²) in [6.07, 6.45) is 1.21. The van der Waals surface area contributed by atoms with E-state index in [4.69, 9.17) is 0 Å². The molecule has 0 spiro atoms. The number of hydrogen-bond donors (Lipinski definition) is 1. The van der Waals surface area contributed by atoms with E-state index in [1.54, 1.807) is 4.90 Å². The van der Waals surface area contributed by atoms with E-state index in [-0.39, 0.29) is 11.8 Å². The Morgan fingerprint density at radius 2 is 1.86 bits per heavy atom. The fourth-order valence-electron chi connectivity index (χ4n) is 2.04. The predicted molar refractivity (Wildman–Crippen MR) is 93.0 cm³/mol. The van der Waals surface area contributed by atoms with Gasteiger partial charge in [-0.1, -0.05) is 12.1 Å². The molecule has 0 radical (unpaired) electrons. The van der Waals surface area contributed by atoms with E-state index in [0.29, 0.717) is 19.5 Å². The van der Waals surface area contributed by atoms with E-state index in [0.717, 1.165) is 23.1 Å². The number of hydrogen-bond acceptors (Lipinski definition) is 3. The molecule has 1 N–H and O–H groups in total. The van der Waals surface area contributed by atoms with Crippen LogP contribution in [0.5, 0.6) is 0 Å². The quantitative estimate of drug-likeness (QED) is 0.715. The summed E-state index contributed by atoms with van der Waals surface area (Å²) in [5.41, 5.74) is 0.787. The molecule has 0 atom stereocenters. The van der Waals surface area contributed by atoms with Gasteiger partial charge in [0.1, 0.15) is 0 Å². The number of rotatable bonds is 8. The van der Waals surface area contributed by atoms with Gasteiger partial charge in [-0.3, -0.25) is 9.59 Å². The van der Waals surface area contributed by atoms with Crippen LogP contribution in [0.1, 0.15) is 19.8 Å². The molecule has 22 heavy (non-hydrogen) atoms. The van der Waals surface area contributed by atoms with Crippen LogP contribution in [0.15, 0.2) is 28.7 Å². The molecule has 0 saturated carbocycles. The van der Waals surface area contributed by atoms with Crippen molar-refractivity contribution in [3.8, 4) is 0 Å². The lowest BCUT2D eigenvalue weighted by Crippen LogP contribution is -2.34. The maximum atomic E-state index is 11.9. The van der Waals surface area contributed by atoms with Gasteiger partial charge in [0.25, 0.3) is 0 Å². The third-order valence-corrected chi connectivity index (χ3v) is 3.86. The van der Waals surface area contributed by atoms with Crippen LogP contribution < -0.4 is 10.2 Å². The Morgan fingerprint density at radius 1 is 1.18 bits per heavy atom. The highest BCUT2D eigenvalue weighted by Crippen LogP contribution is 2.25. The molecule has 6 heteroatoms. The van der Waals surface area contributed by atoms with E-state index in [1.165, 1.54) is 6.92 Å². The number of amides is 2. The molecule has 0 aliphatic rings. The second-order valence-electron chi connectivity index (χ2n) is 5.38. The molecule has 0 heterocycles. The number of nitrogens with one attached hydrogen (secondary N) is 1. The fraction of sp³-hybridized carbons (Fsp3) is 0.500. The lowest BCUT2D eigenvalue weighted by atomic mass is 10.2. The Bertz CT molecular complexity index is 506. The van der Waals surface area contributed by atoms with Gasteiger partial charge in [-0.2, -0.15) is 0 Å². The molecule has 0 unspecified atom stereocenters. The highest BCUT2D eigenvalue weighted by atomic mass is 79.9. The van der Waals surface area contributed by atoms with Gasteiger partial charge >= 0.3 is 0 Å². The third kappa shape index (κ3) is 6.58. The van der Waals surface area contributed by atoms with Crippen molar-refractivity contribution in [1.29, 1.82) is 0 Å². The zero-order chi connectivity index (χ0) is 16.5. The normalized spacial score (nSPS) is 10.6. The SMILES string of the molecule is CC(=O)N(CCC(=O)NCCCN(C)C)c1ccccc1Br. The van der Waals surface area contributed by atoms with E-state index >= 15 is 0 Å². The molecule has 0 aromatic heterocycles. The summed E-state index contributed by atoms with van der Waals surface area (Å²) in [5, 5.41) is 2.88. The first kappa shape index (κ1) is 18.6. The number of carbonyl (C=O) groups is 2. The first-order chi connectivity index (χ1) is 10.4. The van der Waals surface area contributed by atoms with Crippen LogP contribution in [-0.2, 0) is 9.59 Å². The number of carbonyl (C=O) groups excluding carboxylic acids is 2. The van der Waals surface area contributed by atoms with E-state index < -0.39 is 0 Å². The van der Waals surface area contributed by atoms with Crippen LogP contribution in [0.2, 0.25) is 0 Å². The van der Waals surface area contributed by atoms with Gasteiger partial charge in [-0.05, 0) is 55.1 Å². The summed E-state index contributed by atoms with van der Waals surface area (Å²) in [6, 6.07) is 7.51. The van der Waals surface area contributed by atoms with Crippen LogP contribution >= 0.6 is 15.9 Å². The molecule has 122 valence electrons. The van der Waals surface area contributed by atoms with Crippen molar-refractivity contribution in [2.24, 2.45) is 0 Å². The molecule has 0 bridgehead atoms. The van der Waals surface area contributed by atoms with Gasteiger partial charge in [0.2, 0.25) is 11.8 Å². The van der Waals surface area contributed by atoms with Crippen molar-refractivity contribution in [3.05, 3.63) is 28.7 Å². The molecule has 0 aliphatic carbocycles. The zero-order valence-electron chi connectivity index (χ0n) is 13.4. The molecule has 2 amide bonds. The maximum Gasteiger partial charge on any atom is 0.223 e. The monoisotopic (exact) mass is 369 g/mol. The summed E-state index contributed by atoms with van der Waals surface area (Å²) < 4.78 is 0.844. The maximum absolute atomic E-state index is 11.9. The average Bonchev–Trinajstić information content (AvgIpc) is 2.45. The van der Waals surface area contributed by atoms with Gasteiger partial charge in [0.05, 0.1) is 5.69 Å². The van der Waals surface area contributed by atoms with E-state index in [9.17, 15) is 9.59 Å². The highest BCUT2D eigenvalue weighted by Gasteiger charge is 2.15. The number of benzene rings is 1. The van der Waals surface area contributed by atoms with Gasteiger partial charge in [0.15, 0.2) is 0 Å². The second kappa shape index (κ2) is 9.58. The molecule has 0 saturated heterocycles. The Morgan fingerprint density at radius 3 is 2.45 bits per heavy atom. The molecular weight excluding hydrogens is 346 g/mol. The van der Waals surface area contributed by atoms with Crippen LogP contribution in [0.4, 0.5) is 5.69 Å². The Hall–Kier alpha value is -1.40. The summed E-state index contributed by atoms with van der Waals surface area (Å²) in [6.45, 7) is 3.48. The van der Waals surface area contributed by atoms with E-state index in [2.05, 4.69) is 26.1 Å². The minimum atomic E-state index is -0.0766. The van der Waals surface area contributed by atoms with Crippen LogP contribution in [0.3, 0.4) is 0 Å². The van der Waals surface area contributed by atoms with Gasteiger partial charge < -0.3 is 15.1 Å². The smallest absolute Gasteiger partial charge is 0.223 e. The topological polar surface area (TPSA) is 52.7 Å². The molecule has 0 fully saturated rings. The first-order valence-corrected chi connectivity index (χ1v) is 8.15. The van der Waals surface area contributed by atoms with Crippen molar-refractivity contribution >= 4 is 33.4 Å². The van der Waals surface area contributed by atoms with Crippen molar-refractivity contribution < 1.29 is 9.59 Å².